The number of aliphatic hydroxyl groups excluding tert-OH is 1. The summed E-state index contributed by atoms with van der Waals surface area (Å²) in [6.45, 7) is -2.05. The molecule has 29 heteroatoms. The molecular formula is C20H23N10O16P3-2. The molecular weight excluding hydrogens is 729 g/mol. The van der Waals surface area contributed by atoms with Crippen molar-refractivity contribution in [1.82, 2.24) is 39.0 Å². The smallest absolute Gasteiger partial charge is 0.327 e. The molecule has 0 spiro atoms. The van der Waals surface area contributed by atoms with E-state index >= 15 is 0 Å². The molecule has 10 atom stereocenters. The first kappa shape index (κ1) is 34.2. The van der Waals surface area contributed by atoms with Gasteiger partial charge in [-0.3, -0.25) is 37.8 Å². The van der Waals surface area contributed by atoms with E-state index in [-0.39, 0.29) is 34.2 Å². The molecule has 0 amide bonds. The van der Waals surface area contributed by atoms with Gasteiger partial charge in [0.2, 0.25) is 11.9 Å². The second-order valence-corrected chi connectivity index (χ2v) is 14.1. The van der Waals surface area contributed by atoms with E-state index in [1.54, 1.807) is 0 Å². The van der Waals surface area contributed by atoms with Crippen LogP contribution in [0.25, 0.3) is 22.3 Å². The lowest BCUT2D eigenvalue weighted by Crippen LogP contribution is -2.41. The number of nitrogens with two attached hydrogens (primary N) is 2. The first-order chi connectivity index (χ1) is 23.1. The van der Waals surface area contributed by atoms with Crippen LogP contribution >= 0.6 is 24.2 Å². The number of ether oxygens (including phenoxy) is 2. The van der Waals surface area contributed by atoms with Gasteiger partial charge in [-0.1, -0.05) is 0 Å². The fraction of sp³-hybridized carbons (Fsp3) is 0.500. The van der Waals surface area contributed by atoms with E-state index in [1.165, 1.54) is 0 Å². The molecule has 3 aliphatic rings. The Morgan fingerprint density at radius 1 is 0.857 bits per heavy atom. The normalized spacial score (nSPS) is 35.7. The van der Waals surface area contributed by atoms with Crippen molar-refractivity contribution in [2.24, 2.45) is 0 Å². The third kappa shape index (κ3) is 6.42. The molecule has 26 nitrogen and oxygen atoms in total. The first-order valence-corrected chi connectivity index (χ1v) is 17.8. The van der Waals surface area contributed by atoms with Gasteiger partial charge in [-0.15, -0.1) is 0 Å². The Morgan fingerprint density at radius 3 is 1.86 bits per heavy atom. The molecule has 4 aromatic rings. The minimum absolute atomic E-state index is 0.172. The molecule has 0 saturated carbocycles. The summed E-state index contributed by atoms with van der Waals surface area (Å²) in [6.07, 6.45) is -11.9. The Bertz CT molecular complexity index is 2120. The van der Waals surface area contributed by atoms with Gasteiger partial charge in [0.15, 0.2) is 34.8 Å². The lowest BCUT2D eigenvalue weighted by Gasteiger charge is -2.35. The molecule has 7 heterocycles. The van der Waals surface area contributed by atoms with E-state index in [2.05, 4.69) is 29.9 Å². The fourth-order valence-electron chi connectivity index (χ4n) is 5.58. The number of hydrogen-bond acceptors (Lipinski definition) is 22. The number of phosphoric acid groups is 2. The van der Waals surface area contributed by atoms with Gasteiger partial charge in [-0.05, 0) is 0 Å². The summed E-state index contributed by atoms with van der Waals surface area (Å²) in [5, 5.41) is 11.1. The predicted octanol–water partition coefficient (Wildman–Crippen LogP) is -4.08. The van der Waals surface area contributed by atoms with Gasteiger partial charge in [0.05, 0.1) is 25.9 Å². The first-order valence-electron chi connectivity index (χ1n) is 13.7. The van der Waals surface area contributed by atoms with Crippen molar-refractivity contribution >= 4 is 58.5 Å². The van der Waals surface area contributed by atoms with Gasteiger partial charge >= 0.3 is 8.60 Å². The molecule has 0 radical (unpaired) electrons. The van der Waals surface area contributed by atoms with Gasteiger partial charge < -0.3 is 68.2 Å². The Morgan fingerprint density at radius 2 is 1.33 bits per heavy atom. The second-order valence-electron chi connectivity index (χ2n) is 10.6. The lowest BCUT2D eigenvalue weighted by atomic mass is 10.1. The molecule has 49 heavy (non-hydrogen) atoms. The Kier molecular flexibility index (Phi) is 8.71. The molecule has 4 unspecified atom stereocenters. The molecule has 3 saturated heterocycles. The summed E-state index contributed by atoms with van der Waals surface area (Å²) < 4.78 is 65.4. The van der Waals surface area contributed by atoms with E-state index in [9.17, 15) is 43.4 Å². The largest absolute Gasteiger partial charge is 0.756 e. The number of H-pyrrole nitrogens is 2. The van der Waals surface area contributed by atoms with Gasteiger partial charge in [0, 0.05) is 0 Å². The van der Waals surface area contributed by atoms with Gasteiger partial charge in [-0.2, -0.15) is 9.97 Å². The average molecular weight is 752 g/mol. The van der Waals surface area contributed by atoms with Crippen molar-refractivity contribution < 1.29 is 65.9 Å². The van der Waals surface area contributed by atoms with Crippen molar-refractivity contribution in [1.29, 1.82) is 0 Å². The molecule has 266 valence electrons. The third-order valence-electron chi connectivity index (χ3n) is 7.56. The zero-order chi connectivity index (χ0) is 35.0. The van der Waals surface area contributed by atoms with Crippen LogP contribution in [0.3, 0.4) is 0 Å². The number of nitrogens with zero attached hydrogens (tertiary/aromatic N) is 6. The molecule has 0 aliphatic carbocycles. The van der Waals surface area contributed by atoms with Crippen molar-refractivity contribution in [3.05, 3.63) is 33.4 Å². The van der Waals surface area contributed by atoms with Crippen molar-refractivity contribution in [2.75, 3.05) is 24.7 Å². The molecule has 7 rings (SSSR count). The van der Waals surface area contributed by atoms with Crippen molar-refractivity contribution in [2.45, 2.75) is 49.1 Å². The lowest BCUT2D eigenvalue weighted by molar-refractivity contribution is -0.244. The van der Waals surface area contributed by atoms with Crippen LogP contribution < -0.4 is 32.4 Å². The Balaban J connectivity index is 1.21. The summed E-state index contributed by atoms with van der Waals surface area (Å²) >= 11 is 0. The highest BCUT2D eigenvalue weighted by atomic mass is 31.2. The molecule has 3 fully saturated rings. The fourth-order valence-corrected chi connectivity index (χ4v) is 7.91. The number of phosphoric ester groups is 2. The van der Waals surface area contributed by atoms with Crippen LogP contribution in [0.5, 0.6) is 0 Å². The highest BCUT2D eigenvalue weighted by Crippen LogP contribution is 2.52. The van der Waals surface area contributed by atoms with Gasteiger partial charge in [0.25, 0.3) is 26.8 Å². The van der Waals surface area contributed by atoms with Crippen LogP contribution in [0.15, 0.2) is 22.2 Å². The molecule has 4 aromatic heterocycles. The van der Waals surface area contributed by atoms with Crippen LogP contribution in [0, 0.1) is 0 Å². The number of hydrogen-bond donors (Lipinski definition) is 7. The molecule has 3 aliphatic heterocycles. The van der Waals surface area contributed by atoms with Crippen LogP contribution in [-0.2, 0) is 41.2 Å². The summed E-state index contributed by atoms with van der Waals surface area (Å²) in [4.78, 5) is 90.5. The van der Waals surface area contributed by atoms with Crippen LogP contribution in [0.2, 0.25) is 0 Å². The number of anilines is 2. The number of imidazole rings is 2. The quantitative estimate of drug-likeness (QED) is 0.0974. The zero-order valence-corrected chi connectivity index (χ0v) is 26.7. The number of fused-ring (bicyclic) bond motifs is 4. The van der Waals surface area contributed by atoms with E-state index in [1.807, 2.05) is 0 Å². The summed E-state index contributed by atoms with van der Waals surface area (Å²) in [5.74, 6) is -0.663. The third-order valence-corrected chi connectivity index (χ3v) is 9.92. The number of aliphatic hydroxyl groups is 1. The monoisotopic (exact) mass is 752 g/mol. The van der Waals surface area contributed by atoms with E-state index in [0.717, 1.165) is 21.8 Å². The van der Waals surface area contributed by atoms with E-state index < -0.39 is 97.7 Å². The van der Waals surface area contributed by atoms with Crippen molar-refractivity contribution in [3.8, 4) is 0 Å². The Hall–Kier alpha value is -3.29. The van der Waals surface area contributed by atoms with E-state index in [0.29, 0.717) is 0 Å². The van der Waals surface area contributed by atoms with Gasteiger partial charge in [0.1, 0.15) is 36.6 Å². The number of rotatable bonds is 4. The van der Waals surface area contributed by atoms with Crippen LogP contribution in [0.4, 0.5) is 11.9 Å². The summed E-state index contributed by atoms with van der Waals surface area (Å²) in [6, 6.07) is 0. The minimum Gasteiger partial charge on any atom is -0.756 e. The minimum atomic E-state index is -5.48. The zero-order valence-electron chi connectivity index (χ0n) is 24.0. The second kappa shape index (κ2) is 12.5. The van der Waals surface area contributed by atoms with Crippen LogP contribution in [-0.4, -0.2) is 104 Å². The SMILES string of the molecule is Nc1nc2c(ncn2[C@@H]2O[C@@H]3COP(=O)([O-])OC4[C@@H](COP(=O)([O-])O[C@@H]3C2O)O[C@@H](n2cnc3c(=O)[nH]c(N)nc32)[C@H]4OP(O)O)c(=O)[nH]1. The number of nitrogens with one attached hydrogen (secondary N) is 2. The Labute approximate surface area is 270 Å². The number of aromatic nitrogens is 8. The number of aromatic amines is 2. The highest BCUT2D eigenvalue weighted by Gasteiger charge is 2.53. The maximum atomic E-state index is 13.2. The van der Waals surface area contributed by atoms with Crippen LogP contribution in [0.1, 0.15) is 12.5 Å². The molecule has 9 N–H and O–H groups in total. The summed E-state index contributed by atoms with van der Waals surface area (Å²) in [5.41, 5.74) is 8.93. The highest BCUT2D eigenvalue weighted by molar-refractivity contribution is 7.46. The maximum absolute atomic E-state index is 13.2. The molecule has 0 aromatic carbocycles. The molecule has 0 bridgehead atoms. The summed E-state index contributed by atoms with van der Waals surface area (Å²) in [7, 11) is -14.2. The standard InChI is InChI=1S/C20H25N10O16P3/c21-19-25-13-7(15(32)27-19)23-3-29(13)17-9(31)10-5(42-17)1-40-49(38,39)46-11-6(2-41-48(36,37)45-10)43-18(12(11)44-47(34)35)30-4-24-8-14(30)26-20(22)28-16(8)33/h3-6,9-12,17-18,31,34-35H,1-2H2,(H,36,37)(H,38,39)(H3,21,25,27,32)(H3,22,26,28,33)/p-2/t5-,6-,9?,10+,11?,12+,17-,18-/m1/s1. The van der Waals surface area contributed by atoms with Gasteiger partial charge in [-0.25, -0.2) is 9.97 Å². The van der Waals surface area contributed by atoms with Crippen molar-refractivity contribution in [3.63, 3.8) is 0 Å². The topological polar surface area (TPSA) is 385 Å². The van der Waals surface area contributed by atoms with E-state index in [4.69, 9.17) is 43.6 Å². The predicted molar refractivity (Wildman–Crippen MR) is 152 cm³/mol. The average Bonchev–Trinajstić information content (AvgIpc) is 3.76. The number of nitrogen functional groups attached to an aromatic ring is 2. The maximum Gasteiger partial charge on any atom is 0.327 e.